The first-order valence-corrected chi connectivity index (χ1v) is 10.6. The van der Waals surface area contributed by atoms with Crippen LogP contribution in [-0.2, 0) is 6.54 Å². The molecule has 170 valence electrons. The molecular formula is C23H24N6O3S. The maximum Gasteiger partial charge on any atom is 0.231 e. The van der Waals surface area contributed by atoms with Crippen LogP contribution in [0.5, 0.6) is 17.2 Å². The summed E-state index contributed by atoms with van der Waals surface area (Å²) in [6.45, 7) is 4.41. The average molecular weight is 465 g/mol. The van der Waals surface area contributed by atoms with Gasteiger partial charge in [0.2, 0.25) is 18.7 Å². The maximum absolute atomic E-state index is 5.51. The number of aryl methyl sites for hydroxylation is 2. The molecule has 0 spiro atoms. The van der Waals surface area contributed by atoms with Gasteiger partial charge in [0, 0.05) is 11.4 Å². The number of hydrogen-bond donors (Lipinski definition) is 3. The van der Waals surface area contributed by atoms with Gasteiger partial charge < -0.3 is 24.8 Å². The van der Waals surface area contributed by atoms with Crippen molar-refractivity contribution in [1.29, 1.82) is 0 Å². The Morgan fingerprint density at radius 2 is 1.79 bits per heavy atom. The smallest absolute Gasteiger partial charge is 0.231 e. The van der Waals surface area contributed by atoms with Crippen LogP contribution in [0.25, 0.3) is 0 Å². The molecule has 2 heterocycles. The monoisotopic (exact) mass is 464 g/mol. The Balaban J connectivity index is 1.53. The van der Waals surface area contributed by atoms with Crippen molar-refractivity contribution in [2.45, 2.75) is 20.4 Å². The van der Waals surface area contributed by atoms with Gasteiger partial charge in [-0.2, -0.15) is 0 Å². The number of para-hydroxylation sites is 2. The van der Waals surface area contributed by atoms with Crippen molar-refractivity contribution in [2.75, 3.05) is 24.5 Å². The first kappa shape index (κ1) is 22.3. The second-order valence-electron chi connectivity index (χ2n) is 7.23. The molecule has 0 saturated carbocycles. The Labute approximate surface area is 197 Å². The fraction of sp³-hybridized carbons (Fsp3) is 0.217. The van der Waals surface area contributed by atoms with Gasteiger partial charge in [0.1, 0.15) is 5.75 Å². The Hall–Kier alpha value is -3.92. The molecule has 0 amide bonds. The number of hydrogen-bond acceptors (Lipinski definition) is 7. The number of nitrogens with one attached hydrogen (secondary N) is 3. The number of guanidine groups is 1. The standard InChI is InChI=1S/C23H24N6O3S/c1-14-10-15(2)26-22(25-14)28-21(24-12-16-8-9-19-20(11-16)32-13-31-19)29-23(33)27-17-6-4-5-7-18(17)30-3/h4-11H,12-13H2,1-3H3,(H3,24,25,26,27,28,29,33). The van der Waals surface area contributed by atoms with Gasteiger partial charge in [0.05, 0.1) is 19.3 Å². The molecule has 33 heavy (non-hydrogen) atoms. The lowest BCUT2D eigenvalue weighted by molar-refractivity contribution is 0.174. The molecule has 0 radical (unpaired) electrons. The van der Waals surface area contributed by atoms with E-state index in [4.69, 9.17) is 26.4 Å². The van der Waals surface area contributed by atoms with Crippen LogP contribution in [0.2, 0.25) is 0 Å². The largest absolute Gasteiger partial charge is 0.495 e. The van der Waals surface area contributed by atoms with Gasteiger partial charge in [-0.05, 0) is 62.0 Å². The van der Waals surface area contributed by atoms with Crippen LogP contribution < -0.4 is 30.2 Å². The first-order chi connectivity index (χ1) is 16.0. The number of methoxy groups -OCH3 is 1. The zero-order chi connectivity index (χ0) is 23.2. The van der Waals surface area contributed by atoms with Crippen LogP contribution in [0.4, 0.5) is 11.6 Å². The summed E-state index contributed by atoms with van der Waals surface area (Å²) in [4.78, 5) is 13.5. The predicted molar refractivity (Wildman–Crippen MR) is 131 cm³/mol. The summed E-state index contributed by atoms with van der Waals surface area (Å²) in [6.07, 6.45) is 0. The van der Waals surface area contributed by atoms with Crippen LogP contribution in [-0.4, -0.2) is 34.9 Å². The minimum atomic E-state index is 0.226. The number of anilines is 2. The van der Waals surface area contributed by atoms with E-state index in [1.165, 1.54) is 0 Å². The Morgan fingerprint density at radius 3 is 2.58 bits per heavy atom. The number of ether oxygens (including phenoxy) is 3. The van der Waals surface area contributed by atoms with Gasteiger partial charge in [0.25, 0.3) is 0 Å². The lowest BCUT2D eigenvalue weighted by atomic mass is 10.2. The molecule has 0 unspecified atom stereocenters. The van der Waals surface area contributed by atoms with E-state index >= 15 is 0 Å². The maximum atomic E-state index is 5.51. The predicted octanol–water partition coefficient (Wildman–Crippen LogP) is 3.79. The lowest BCUT2D eigenvalue weighted by Crippen LogP contribution is -2.39. The van der Waals surface area contributed by atoms with E-state index in [1.807, 2.05) is 62.4 Å². The van der Waals surface area contributed by atoms with Crippen molar-refractivity contribution < 1.29 is 14.2 Å². The number of benzene rings is 2. The molecule has 1 aliphatic heterocycles. The lowest BCUT2D eigenvalue weighted by Gasteiger charge is -2.15. The summed E-state index contributed by atoms with van der Waals surface area (Å²) in [7, 11) is 1.61. The normalized spacial score (nSPS) is 12.3. The Kier molecular flexibility index (Phi) is 6.84. The number of fused-ring (bicyclic) bond motifs is 1. The fourth-order valence-electron chi connectivity index (χ4n) is 3.22. The van der Waals surface area contributed by atoms with E-state index in [9.17, 15) is 0 Å². The van der Waals surface area contributed by atoms with Gasteiger partial charge in [0.15, 0.2) is 16.6 Å². The molecule has 9 nitrogen and oxygen atoms in total. The van der Waals surface area contributed by atoms with Crippen molar-refractivity contribution >= 4 is 34.9 Å². The number of nitrogens with zero attached hydrogens (tertiary/aromatic N) is 3. The molecule has 0 fully saturated rings. The summed E-state index contributed by atoms with van der Waals surface area (Å²) in [5.74, 6) is 2.92. The SMILES string of the molecule is COc1ccccc1NC(=S)NC(=NCc1ccc2c(c1)OCO2)Nc1nc(C)cc(C)n1. The third-order valence-corrected chi connectivity index (χ3v) is 4.86. The van der Waals surface area contributed by atoms with Gasteiger partial charge in [-0.25, -0.2) is 15.0 Å². The van der Waals surface area contributed by atoms with Gasteiger partial charge >= 0.3 is 0 Å². The average Bonchev–Trinajstić information content (AvgIpc) is 3.25. The van der Waals surface area contributed by atoms with Crippen molar-refractivity contribution in [3.05, 3.63) is 65.5 Å². The van der Waals surface area contributed by atoms with Crippen molar-refractivity contribution in [3.8, 4) is 17.2 Å². The zero-order valence-electron chi connectivity index (χ0n) is 18.5. The van der Waals surface area contributed by atoms with E-state index in [2.05, 4.69) is 30.9 Å². The molecule has 0 aliphatic carbocycles. The van der Waals surface area contributed by atoms with E-state index in [-0.39, 0.29) is 6.79 Å². The molecule has 1 aromatic heterocycles. The van der Waals surface area contributed by atoms with E-state index in [1.54, 1.807) is 7.11 Å². The molecular weight excluding hydrogens is 440 g/mol. The van der Waals surface area contributed by atoms with Crippen molar-refractivity contribution in [1.82, 2.24) is 15.3 Å². The molecule has 4 rings (SSSR count). The molecule has 3 aromatic rings. The minimum Gasteiger partial charge on any atom is -0.495 e. The highest BCUT2D eigenvalue weighted by Gasteiger charge is 2.14. The second-order valence-corrected chi connectivity index (χ2v) is 7.64. The number of aliphatic imine (C=N–C) groups is 1. The highest BCUT2D eigenvalue weighted by atomic mass is 32.1. The van der Waals surface area contributed by atoms with Gasteiger partial charge in [-0.3, -0.25) is 5.32 Å². The summed E-state index contributed by atoms with van der Waals surface area (Å²) < 4.78 is 16.2. The second kappa shape index (κ2) is 10.1. The van der Waals surface area contributed by atoms with E-state index < -0.39 is 0 Å². The van der Waals surface area contributed by atoms with Crippen LogP contribution in [0.3, 0.4) is 0 Å². The quantitative estimate of drug-likeness (QED) is 0.296. The molecule has 0 saturated heterocycles. The molecule has 0 bridgehead atoms. The van der Waals surface area contributed by atoms with Crippen LogP contribution in [0.15, 0.2) is 53.5 Å². The molecule has 3 N–H and O–H groups in total. The third kappa shape index (κ3) is 5.86. The van der Waals surface area contributed by atoms with E-state index in [0.29, 0.717) is 35.1 Å². The van der Waals surface area contributed by atoms with Gasteiger partial charge in [-0.15, -0.1) is 0 Å². The molecule has 1 aliphatic rings. The van der Waals surface area contributed by atoms with Crippen molar-refractivity contribution in [3.63, 3.8) is 0 Å². The molecule has 10 heteroatoms. The number of aromatic nitrogens is 2. The summed E-state index contributed by atoms with van der Waals surface area (Å²) >= 11 is 5.51. The Morgan fingerprint density at radius 1 is 1.03 bits per heavy atom. The minimum absolute atomic E-state index is 0.226. The summed E-state index contributed by atoms with van der Waals surface area (Å²) in [5, 5.41) is 9.69. The molecule has 2 aromatic carbocycles. The highest BCUT2D eigenvalue weighted by Crippen LogP contribution is 2.32. The molecule has 0 atom stereocenters. The number of thiocarbonyl (C=S) groups is 1. The first-order valence-electron chi connectivity index (χ1n) is 10.2. The number of rotatable bonds is 5. The van der Waals surface area contributed by atoms with Crippen LogP contribution in [0.1, 0.15) is 17.0 Å². The van der Waals surface area contributed by atoms with Crippen molar-refractivity contribution in [2.24, 2.45) is 4.99 Å². The van der Waals surface area contributed by atoms with Crippen LogP contribution in [0, 0.1) is 13.8 Å². The van der Waals surface area contributed by atoms with Gasteiger partial charge in [-0.1, -0.05) is 18.2 Å². The summed E-state index contributed by atoms with van der Waals surface area (Å²) in [5.41, 5.74) is 3.37. The highest BCUT2D eigenvalue weighted by molar-refractivity contribution is 7.80. The zero-order valence-corrected chi connectivity index (χ0v) is 19.3. The van der Waals surface area contributed by atoms with Crippen LogP contribution >= 0.6 is 12.2 Å². The van der Waals surface area contributed by atoms with E-state index in [0.717, 1.165) is 28.4 Å². The third-order valence-electron chi connectivity index (χ3n) is 4.66. The topological polar surface area (TPSA) is 102 Å². The Bertz CT molecular complexity index is 1180. The summed E-state index contributed by atoms with van der Waals surface area (Å²) in [6, 6.07) is 15.1. The fourth-order valence-corrected chi connectivity index (χ4v) is 3.42.